The minimum Gasteiger partial charge on any atom is -0.512 e. The van der Waals surface area contributed by atoms with Crippen LogP contribution in [0.1, 0.15) is 73.8 Å². The number of cyclic esters (lactones) is 1. The average molecular weight is 525 g/mol. The first-order chi connectivity index (χ1) is 17.7. The lowest BCUT2D eigenvalue weighted by Crippen LogP contribution is -2.46. The van der Waals surface area contributed by atoms with Crippen molar-refractivity contribution in [3.63, 3.8) is 0 Å². The number of aliphatic hydroxyl groups excluding tert-OH is 1. The Kier molecular flexibility index (Phi) is 6.88. The molecule has 9 heteroatoms. The third kappa shape index (κ3) is 4.91. The van der Waals surface area contributed by atoms with Gasteiger partial charge in [-0.3, -0.25) is 0 Å². The highest BCUT2D eigenvalue weighted by atomic mass is 35.5. The first-order valence-corrected chi connectivity index (χ1v) is 13.4. The molecule has 3 aromatic rings. The fraction of sp³-hybridized carbons (Fsp3) is 0.500. The van der Waals surface area contributed by atoms with Crippen LogP contribution in [0.2, 0.25) is 5.02 Å². The van der Waals surface area contributed by atoms with Gasteiger partial charge in [0.1, 0.15) is 17.1 Å². The maximum atomic E-state index is 13.4. The summed E-state index contributed by atoms with van der Waals surface area (Å²) in [5.41, 5.74) is 2.94. The molecule has 0 radical (unpaired) electrons. The minimum atomic E-state index is -0.778. The Bertz CT molecular complexity index is 1390. The Morgan fingerprint density at radius 1 is 1.16 bits per heavy atom. The van der Waals surface area contributed by atoms with Gasteiger partial charge in [-0.1, -0.05) is 37.4 Å². The number of aromatic hydroxyl groups is 1. The number of ether oxygens (including phenoxy) is 1. The monoisotopic (exact) mass is 524 g/mol. The summed E-state index contributed by atoms with van der Waals surface area (Å²) in [7, 11) is 0. The average Bonchev–Trinajstić information content (AvgIpc) is 3.53. The van der Waals surface area contributed by atoms with Crippen LogP contribution in [-0.4, -0.2) is 41.4 Å². The molecule has 1 fully saturated rings. The molecule has 37 heavy (non-hydrogen) atoms. The van der Waals surface area contributed by atoms with E-state index < -0.39 is 11.6 Å². The molecule has 5 rings (SSSR count). The zero-order valence-corrected chi connectivity index (χ0v) is 22.3. The third-order valence-electron chi connectivity index (χ3n) is 7.87. The van der Waals surface area contributed by atoms with Crippen molar-refractivity contribution in [1.29, 1.82) is 0 Å². The van der Waals surface area contributed by atoms with Crippen molar-refractivity contribution in [2.45, 2.75) is 84.2 Å². The highest BCUT2D eigenvalue weighted by Crippen LogP contribution is 2.46. The zero-order valence-electron chi connectivity index (χ0n) is 21.6. The van der Waals surface area contributed by atoms with E-state index in [4.69, 9.17) is 16.3 Å². The smallest absolute Gasteiger partial charge is 0.338 e. The van der Waals surface area contributed by atoms with Crippen molar-refractivity contribution in [1.82, 2.24) is 19.6 Å². The van der Waals surface area contributed by atoms with E-state index in [2.05, 4.69) is 15.1 Å². The first-order valence-electron chi connectivity index (χ1n) is 13.0. The van der Waals surface area contributed by atoms with E-state index >= 15 is 0 Å². The van der Waals surface area contributed by atoms with Gasteiger partial charge < -0.3 is 14.9 Å². The maximum absolute atomic E-state index is 13.4. The lowest BCUT2D eigenvalue weighted by atomic mass is 9.76. The van der Waals surface area contributed by atoms with Crippen LogP contribution in [0.3, 0.4) is 0 Å². The van der Waals surface area contributed by atoms with Gasteiger partial charge in [-0.25, -0.2) is 14.3 Å². The molecule has 2 aromatic heterocycles. The van der Waals surface area contributed by atoms with Crippen LogP contribution >= 0.6 is 11.6 Å². The number of fused-ring (bicyclic) bond motifs is 1. The Balaban J connectivity index is 1.41. The molecule has 0 saturated heterocycles. The van der Waals surface area contributed by atoms with Gasteiger partial charge in [0.15, 0.2) is 5.82 Å². The Hall–Kier alpha value is -3.13. The third-order valence-corrected chi connectivity index (χ3v) is 8.16. The van der Waals surface area contributed by atoms with Gasteiger partial charge in [-0.2, -0.15) is 4.98 Å². The van der Waals surface area contributed by atoms with Crippen molar-refractivity contribution in [2.24, 2.45) is 5.92 Å². The van der Waals surface area contributed by atoms with E-state index in [-0.39, 0.29) is 35.8 Å². The number of halogens is 1. The molecule has 1 atom stereocenters. The number of carbonyl (C=O) groups excluding carboxylic acids is 1. The summed E-state index contributed by atoms with van der Waals surface area (Å²) in [6.07, 6.45) is 6.32. The number of benzene rings is 1. The predicted molar refractivity (Wildman–Crippen MR) is 140 cm³/mol. The van der Waals surface area contributed by atoms with Crippen LogP contribution in [-0.2, 0) is 28.8 Å². The van der Waals surface area contributed by atoms with Gasteiger partial charge in [0.2, 0.25) is 0 Å². The van der Waals surface area contributed by atoms with Gasteiger partial charge in [0.05, 0.1) is 10.6 Å². The number of phenols is 1. The number of aromatic nitrogens is 4. The van der Waals surface area contributed by atoms with Crippen LogP contribution in [0.5, 0.6) is 5.75 Å². The second-order valence-electron chi connectivity index (χ2n) is 10.4. The molecule has 0 amide bonds. The molecule has 2 N–H and O–H groups in total. The number of carbonyl (C=O) groups is 1. The predicted octanol–water partition coefficient (Wildman–Crippen LogP) is 5.53. The van der Waals surface area contributed by atoms with E-state index in [1.807, 2.05) is 32.9 Å². The summed E-state index contributed by atoms with van der Waals surface area (Å²) >= 11 is 6.27. The van der Waals surface area contributed by atoms with Crippen LogP contribution in [0.15, 0.2) is 29.5 Å². The Morgan fingerprint density at radius 3 is 2.62 bits per heavy atom. The second kappa shape index (κ2) is 9.97. The number of phenolic OH excluding ortho intramolecular Hbond substituents is 1. The fourth-order valence-electron chi connectivity index (χ4n) is 5.92. The molecular weight excluding hydrogens is 492 g/mol. The molecule has 1 aliphatic carbocycles. The number of nitrogens with zero attached hydrogens (tertiary/aromatic N) is 4. The molecule has 8 nitrogen and oxygen atoms in total. The number of rotatable bonds is 7. The summed E-state index contributed by atoms with van der Waals surface area (Å²) < 4.78 is 7.89. The number of aryl methyl sites for hydroxylation is 4. The molecule has 1 aromatic carbocycles. The van der Waals surface area contributed by atoms with Gasteiger partial charge >= 0.3 is 5.97 Å². The summed E-state index contributed by atoms with van der Waals surface area (Å²) in [6, 6.07) is 5.65. The van der Waals surface area contributed by atoms with Crippen molar-refractivity contribution < 1.29 is 19.7 Å². The number of hydrogen-bond donors (Lipinski definition) is 2. The number of esters is 1. The molecule has 1 unspecified atom stereocenters. The SMILES string of the molecule is CCc1cc(CCC2(C3CCCC3)CC(O)=C(Cc3nc4nc(C)cc(C)n4n3)C(=O)O2)cc(Cl)c1O. The summed E-state index contributed by atoms with van der Waals surface area (Å²) in [5, 5.41) is 26.2. The molecule has 2 aliphatic rings. The highest BCUT2D eigenvalue weighted by Gasteiger charge is 2.48. The van der Waals surface area contributed by atoms with Gasteiger partial charge in [0, 0.05) is 24.2 Å². The Morgan fingerprint density at radius 2 is 1.92 bits per heavy atom. The summed E-state index contributed by atoms with van der Waals surface area (Å²) in [5.74, 6) is 0.736. The van der Waals surface area contributed by atoms with Crippen LogP contribution in [0.4, 0.5) is 0 Å². The first kappa shape index (κ1) is 25.5. The summed E-state index contributed by atoms with van der Waals surface area (Å²) in [4.78, 5) is 22.2. The molecule has 0 spiro atoms. The lowest BCUT2D eigenvalue weighted by Gasteiger charge is -2.41. The van der Waals surface area contributed by atoms with E-state index in [1.165, 1.54) is 0 Å². The van der Waals surface area contributed by atoms with E-state index in [0.717, 1.165) is 48.2 Å². The van der Waals surface area contributed by atoms with Crippen molar-refractivity contribution in [2.75, 3.05) is 0 Å². The number of aliphatic hydroxyl groups is 1. The van der Waals surface area contributed by atoms with Crippen LogP contribution < -0.4 is 0 Å². The number of hydrogen-bond acceptors (Lipinski definition) is 7. The topological polar surface area (TPSA) is 110 Å². The van der Waals surface area contributed by atoms with E-state index in [1.54, 1.807) is 10.6 Å². The molecular formula is C28H33ClN4O4. The van der Waals surface area contributed by atoms with E-state index in [9.17, 15) is 15.0 Å². The molecule has 1 saturated carbocycles. The minimum absolute atomic E-state index is 0.0563. The van der Waals surface area contributed by atoms with E-state index in [0.29, 0.717) is 35.9 Å². The standard InChI is InChI=1S/C28H33ClN4O4/c1-4-19-12-18(13-22(29)25(19)35)9-10-28(20-7-5-6-8-20)15-23(34)21(26(36)37-28)14-24-31-27-30-16(2)11-17(3)33(27)32-24/h11-13,20,34-35H,4-10,14-15H2,1-3H3. The zero-order chi connectivity index (χ0) is 26.3. The molecule has 3 heterocycles. The van der Waals surface area contributed by atoms with Crippen molar-refractivity contribution in [3.8, 4) is 5.75 Å². The van der Waals surface area contributed by atoms with Gasteiger partial charge in [-0.05, 0) is 75.1 Å². The molecule has 1 aliphatic heterocycles. The molecule has 0 bridgehead atoms. The second-order valence-corrected chi connectivity index (χ2v) is 10.8. The largest absolute Gasteiger partial charge is 0.512 e. The quantitative estimate of drug-likeness (QED) is 0.391. The maximum Gasteiger partial charge on any atom is 0.338 e. The summed E-state index contributed by atoms with van der Waals surface area (Å²) in [6.45, 7) is 5.79. The van der Waals surface area contributed by atoms with Gasteiger partial charge in [-0.15, -0.1) is 5.10 Å². The van der Waals surface area contributed by atoms with Crippen molar-refractivity contribution >= 4 is 23.3 Å². The molecule has 196 valence electrons. The lowest BCUT2D eigenvalue weighted by molar-refractivity contribution is -0.167. The normalized spacial score (nSPS) is 20.7. The Labute approximate surface area is 221 Å². The fourth-order valence-corrected chi connectivity index (χ4v) is 6.18. The van der Waals surface area contributed by atoms with Crippen LogP contribution in [0, 0.1) is 19.8 Å². The van der Waals surface area contributed by atoms with Crippen molar-refractivity contribution in [3.05, 3.63) is 62.9 Å². The van der Waals surface area contributed by atoms with Gasteiger partial charge in [0.25, 0.3) is 5.78 Å². The highest BCUT2D eigenvalue weighted by molar-refractivity contribution is 6.32. The van der Waals surface area contributed by atoms with Crippen LogP contribution in [0.25, 0.3) is 5.78 Å².